The van der Waals surface area contributed by atoms with Gasteiger partial charge in [0.2, 0.25) is 10.0 Å². The van der Waals surface area contributed by atoms with Gasteiger partial charge in [0.15, 0.2) is 5.69 Å². The van der Waals surface area contributed by atoms with Crippen LogP contribution in [0.15, 0.2) is 102 Å². The van der Waals surface area contributed by atoms with Crippen LogP contribution in [0.25, 0.3) is 17.3 Å². The van der Waals surface area contributed by atoms with Crippen LogP contribution in [0.2, 0.25) is 10.0 Å². The van der Waals surface area contributed by atoms with Gasteiger partial charge < -0.3 is 5.32 Å². The number of carbonyl (C=O) groups excluding carboxylic acids is 1. The molecule has 0 radical (unpaired) electrons. The first-order valence-electron chi connectivity index (χ1n) is 14.5. The zero-order chi connectivity index (χ0) is 32.6. The van der Waals surface area contributed by atoms with E-state index in [9.17, 15) is 17.6 Å². The van der Waals surface area contributed by atoms with Crippen LogP contribution in [0.5, 0.6) is 0 Å². The highest BCUT2D eigenvalue weighted by molar-refractivity contribution is 7.89. The van der Waals surface area contributed by atoms with Gasteiger partial charge in [0, 0.05) is 23.7 Å². The second-order valence-electron chi connectivity index (χ2n) is 11.1. The predicted molar refractivity (Wildman–Crippen MR) is 179 cm³/mol. The number of hydrogen-bond acceptors (Lipinski definition) is 4. The van der Waals surface area contributed by atoms with Crippen LogP contribution in [0.3, 0.4) is 0 Å². The van der Waals surface area contributed by atoms with Gasteiger partial charge in [-0.25, -0.2) is 17.5 Å². The molecule has 1 aromatic heterocycles. The Bertz CT molecular complexity index is 2060. The number of hydrogen-bond donors (Lipinski definition) is 1. The molecular formula is C35H29Cl2FN4O3S. The average Bonchev–Trinajstić information content (AvgIpc) is 3.42. The Morgan fingerprint density at radius 2 is 1.65 bits per heavy atom. The van der Waals surface area contributed by atoms with E-state index in [0.29, 0.717) is 38.1 Å². The summed E-state index contributed by atoms with van der Waals surface area (Å²) in [7, 11) is -4.01. The summed E-state index contributed by atoms with van der Waals surface area (Å²) in [4.78, 5) is 14.1. The molecular weight excluding hydrogens is 646 g/mol. The Morgan fingerprint density at radius 3 is 2.33 bits per heavy atom. The number of rotatable bonds is 7. The molecule has 234 valence electrons. The summed E-state index contributed by atoms with van der Waals surface area (Å²) >= 11 is 12.9. The highest BCUT2D eigenvalue weighted by Crippen LogP contribution is 2.38. The zero-order valence-corrected chi connectivity index (χ0v) is 27.2. The molecule has 1 N–H and O–H groups in total. The highest BCUT2D eigenvalue weighted by Gasteiger charge is 2.37. The Kier molecular flexibility index (Phi) is 8.85. The summed E-state index contributed by atoms with van der Waals surface area (Å²) in [5.74, 6) is -0.883. The van der Waals surface area contributed by atoms with Gasteiger partial charge in [-0.2, -0.15) is 9.40 Å². The molecule has 4 aromatic carbocycles. The number of benzene rings is 4. The number of amides is 1. The Hall–Kier alpha value is -4.28. The molecule has 46 heavy (non-hydrogen) atoms. The van der Waals surface area contributed by atoms with Crippen molar-refractivity contribution in [2.75, 3.05) is 6.54 Å². The molecule has 0 spiro atoms. The van der Waals surface area contributed by atoms with Gasteiger partial charge in [-0.3, -0.25) is 4.79 Å². The molecule has 0 saturated heterocycles. The number of nitrogens with zero attached hydrogens (tertiary/aromatic N) is 3. The van der Waals surface area contributed by atoms with E-state index in [2.05, 4.69) is 5.32 Å². The molecule has 11 heteroatoms. The van der Waals surface area contributed by atoms with Crippen molar-refractivity contribution in [1.29, 1.82) is 0 Å². The van der Waals surface area contributed by atoms with E-state index in [0.717, 1.165) is 11.1 Å². The minimum Gasteiger partial charge on any atom is -0.344 e. The number of aromatic nitrogens is 2. The SMILES string of the molecule is Cc1ccc(S(=O)(=O)N2CC(=Cc3ccc(F)cc3)c3c(c(C(=O)NC(C)c4ccccc4)nn3-c3ccc(Cl)cc3Cl)C2)cc1. The van der Waals surface area contributed by atoms with Gasteiger partial charge >= 0.3 is 0 Å². The fourth-order valence-electron chi connectivity index (χ4n) is 5.43. The lowest BCUT2D eigenvalue weighted by atomic mass is 9.98. The number of halogens is 3. The van der Waals surface area contributed by atoms with Crippen molar-refractivity contribution in [3.05, 3.63) is 147 Å². The molecule has 1 aliphatic rings. The number of carbonyl (C=O) groups is 1. The topological polar surface area (TPSA) is 84.3 Å². The molecule has 0 fully saturated rings. The number of aryl methyl sites for hydroxylation is 1. The first-order chi connectivity index (χ1) is 22.0. The van der Waals surface area contributed by atoms with Crippen molar-refractivity contribution in [2.24, 2.45) is 0 Å². The fourth-order valence-corrected chi connectivity index (χ4v) is 7.31. The molecule has 0 aliphatic carbocycles. The van der Waals surface area contributed by atoms with E-state index in [1.807, 2.05) is 44.2 Å². The lowest BCUT2D eigenvalue weighted by Gasteiger charge is -2.29. The molecule has 1 unspecified atom stereocenters. The van der Waals surface area contributed by atoms with Crippen LogP contribution >= 0.6 is 23.2 Å². The molecule has 5 aromatic rings. The summed E-state index contributed by atoms with van der Waals surface area (Å²) in [5, 5.41) is 8.48. The number of nitrogens with one attached hydrogen (secondary N) is 1. The maximum atomic E-state index is 14.0. The fraction of sp³-hybridized carbons (Fsp3) is 0.143. The molecule has 1 amide bonds. The molecule has 1 atom stereocenters. The predicted octanol–water partition coefficient (Wildman–Crippen LogP) is 7.86. The monoisotopic (exact) mass is 674 g/mol. The van der Waals surface area contributed by atoms with Crippen LogP contribution in [0.1, 0.15) is 51.4 Å². The standard InChI is InChI=1S/C35H29Cl2FN4O3S/c1-22-8-15-29(16-9-22)46(44,45)41-20-26(18-24-10-13-28(38)14-11-24)34-30(21-41)33(35(43)39-23(2)25-6-4-3-5-7-25)40-42(34)32-17-12-27(36)19-31(32)37/h3-19,23H,20-21H2,1-2H3,(H,39,43). The maximum absolute atomic E-state index is 14.0. The Morgan fingerprint density at radius 1 is 0.957 bits per heavy atom. The third kappa shape index (κ3) is 6.37. The van der Waals surface area contributed by atoms with Crippen molar-refractivity contribution < 1.29 is 17.6 Å². The van der Waals surface area contributed by atoms with Crippen molar-refractivity contribution >= 4 is 50.8 Å². The molecule has 0 bridgehead atoms. The molecule has 2 heterocycles. The third-order valence-corrected chi connectivity index (χ3v) is 10.2. The average molecular weight is 676 g/mol. The van der Waals surface area contributed by atoms with Gasteiger partial charge in [-0.15, -0.1) is 0 Å². The molecule has 1 aliphatic heterocycles. The zero-order valence-electron chi connectivity index (χ0n) is 24.9. The second-order valence-corrected chi connectivity index (χ2v) is 13.9. The van der Waals surface area contributed by atoms with E-state index in [-0.39, 0.29) is 29.7 Å². The van der Waals surface area contributed by atoms with Crippen molar-refractivity contribution in [3.8, 4) is 5.69 Å². The Labute approximate surface area is 276 Å². The molecule has 6 rings (SSSR count). The first-order valence-corrected chi connectivity index (χ1v) is 16.7. The number of sulfonamides is 1. The van der Waals surface area contributed by atoms with E-state index < -0.39 is 21.7 Å². The number of fused-ring (bicyclic) bond motifs is 1. The van der Waals surface area contributed by atoms with Gasteiger partial charge in [0.1, 0.15) is 5.82 Å². The van der Waals surface area contributed by atoms with Gasteiger partial charge in [-0.1, -0.05) is 83.4 Å². The minimum absolute atomic E-state index is 0.0427. The normalized spacial score (nSPS) is 15.0. The van der Waals surface area contributed by atoms with Crippen LogP contribution < -0.4 is 5.32 Å². The highest BCUT2D eigenvalue weighted by atomic mass is 35.5. The maximum Gasteiger partial charge on any atom is 0.272 e. The van der Waals surface area contributed by atoms with Crippen LogP contribution in [0, 0.1) is 12.7 Å². The second kappa shape index (κ2) is 12.8. The lowest BCUT2D eigenvalue weighted by molar-refractivity contribution is 0.0933. The van der Waals surface area contributed by atoms with E-state index >= 15 is 0 Å². The summed E-state index contributed by atoms with van der Waals surface area (Å²) in [5.41, 5.74) is 4.41. The smallest absolute Gasteiger partial charge is 0.272 e. The quantitative estimate of drug-likeness (QED) is 0.190. The summed E-state index contributed by atoms with van der Waals surface area (Å²) in [6.07, 6.45) is 1.77. The van der Waals surface area contributed by atoms with E-state index in [1.165, 1.54) is 16.4 Å². The minimum atomic E-state index is -4.01. The van der Waals surface area contributed by atoms with E-state index in [1.54, 1.807) is 65.4 Å². The van der Waals surface area contributed by atoms with Gasteiger partial charge in [-0.05, 0) is 79.1 Å². The van der Waals surface area contributed by atoms with Gasteiger partial charge in [0.05, 0.1) is 27.3 Å². The van der Waals surface area contributed by atoms with Crippen molar-refractivity contribution in [1.82, 2.24) is 19.4 Å². The molecule has 7 nitrogen and oxygen atoms in total. The molecule has 0 saturated carbocycles. The summed E-state index contributed by atoms with van der Waals surface area (Å²) < 4.78 is 44.8. The largest absolute Gasteiger partial charge is 0.344 e. The lowest BCUT2D eigenvalue weighted by Crippen LogP contribution is -2.37. The van der Waals surface area contributed by atoms with Crippen LogP contribution in [0.4, 0.5) is 4.39 Å². The first kappa shape index (κ1) is 31.7. The van der Waals surface area contributed by atoms with Gasteiger partial charge in [0.25, 0.3) is 5.91 Å². The summed E-state index contributed by atoms with van der Waals surface area (Å²) in [6, 6.07) is 26.5. The Balaban J connectivity index is 1.54. The summed E-state index contributed by atoms with van der Waals surface area (Å²) in [6.45, 7) is 3.57. The third-order valence-electron chi connectivity index (χ3n) is 7.84. The van der Waals surface area contributed by atoms with E-state index in [4.69, 9.17) is 28.3 Å². The van der Waals surface area contributed by atoms with Crippen LogP contribution in [-0.4, -0.2) is 35.0 Å². The van der Waals surface area contributed by atoms with Crippen LogP contribution in [-0.2, 0) is 16.6 Å². The van der Waals surface area contributed by atoms with Crippen molar-refractivity contribution in [3.63, 3.8) is 0 Å². The van der Waals surface area contributed by atoms with Crippen molar-refractivity contribution in [2.45, 2.75) is 31.3 Å².